The van der Waals surface area contributed by atoms with Crippen LogP contribution in [0.4, 0.5) is 0 Å². The number of carbonyl (C=O) groups is 2. The maximum atomic E-state index is 11.2. The van der Waals surface area contributed by atoms with Crippen LogP contribution in [0.15, 0.2) is 12.5 Å². The lowest BCUT2D eigenvalue weighted by atomic mass is 10.4. The average Bonchev–Trinajstić information content (AvgIpc) is 2.69. The van der Waals surface area contributed by atoms with Crippen LogP contribution >= 0.6 is 0 Å². The van der Waals surface area contributed by atoms with Gasteiger partial charge in [0.25, 0.3) is 0 Å². The number of H-pyrrole nitrogens is 1. The maximum absolute atomic E-state index is 11.2. The highest BCUT2D eigenvalue weighted by atomic mass is 16.6. The van der Waals surface area contributed by atoms with E-state index in [2.05, 4.69) is 14.7 Å². The minimum atomic E-state index is -0.921. The van der Waals surface area contributed by atoms with E-state index in [1.807, 2.05) is 0 Å². The van der Waals surface area contributed by atoms with Crippen molar-refractivity contribution < 1.29 is 19.1 Å². The molecule has 76 valence electrons. The number of nitrogens with one attached hydrogen (secondary N) is 1. The standard InChI is InChI=1S/C8H10N2O4/c1-5(7(11)13-2)14-8(12)6-3-9-4-10-6/h3-5H,1-2H3,(H,9,10). The van der Waals surface area contributed by atoms with Crippen molar-refractivity contribution in [1.82, 2.24) is 9.97 Å². The summed E-state index contributed by atoms with van der Waals surface area (Å²) in [7, 11) is 1.23. The molecule has 1 N–H and O–H groups in total. The summed E-state index contributed by atoms with van der Waals surface area (Å²) in [5, 5.41) is 0. The number of rotatable bonds is 3. The number of hydrogen-bond donors (Lipinski definition) is 1. The number of methoxy groups -OCH3 is 1. The Morgan fingerprint density at radius 1 is 1.57 bits per heavy atom. The second-order valence-electron chi connectivity index (χ2n) is 2.54. The molecule has 0 saturated heterocycles. The molecule has 0 fully saturated rings. The molecule has 1 rings (SSSR count). The van der Waals surface area contributed by atoms with Crippen LogP contribution in [0.1, 0.15) is 17.4 Å². The van der Waals surface area contributed by atoms with Gasteiger partial charge in [0.1, 0.15) is 5.69 Å². The van der Waals surface area contributed by atoms with Crippen LogP contribution in [-0.4, -0.2) is 35.1 Å². The number of ether oxygens (including phenoxy) is 2. The van der Waals surface area contributed by atoms with Crippen LogP contribution in [-0.2, 0) is 14.3 Å². The molecule has 1 unspecified atom stereocenters. The van der Waals surface area contributed by atoms with E-state index < -0.39 is 18.0 Å². The number of imidazole rings is 1. The zero-order valence-electron chi connectivity index (χ0n) is 7.81. The van der Waals surface area contributed by atoms with Crippen LogP contribution in [0, 0.1) is 0 Å². The topological polar surface area (TPSA) is 81.3 Å². The summed E-state index contributed by atoms with van der Waals surface area (Å²) in [6.07, 6.45) is 1.74. The van der Waals surface area contributed by atoms with Crippen molar-refractivity contribution in [1.29, 1.82) is 0 Å². The van der Waals surface area contributed by atoms with Gasteiger partial charge in [0, 0.05) is 0 Å². The zero-order valence-corrected chi connectivity index (χ0v) is 7.81. The summed E-state index contributed by atoms with van der Waals surface area (Å²) >= 11 is 0. The highest BCUT2D eigenvalue weighted by Crippen LogP contribution is 2.00. The minimum absolute atomic E-state index is 0.195. The van der Waals surface area contributed by atoms with Crippen molar-refractivity contribution in [3.8, 4) is 0 Å². The first-order valence-corrected chi connectivity index (χ1v) is 3.92. The number of esters is 2. The van der Waals surface area contributed by atoms with Crippen molar-refractivity contribution in [2.24, 2.45) is 0 Å². The second kappa shape index (κ2) is 4.40. The van der Waals surface area contributed by atoms with Crippen LogP contribution < -0.4 is 0 Å². The molecule has 14 heavy (non-hydrogen) atoms. The molecule has 0 spiro atoms. The van der Waals surface area contributed by atoms with Gasteiger partial charge in [-0.25, -0.2) is 14.6 Å². The fraction of sp³-hybridized carbons (Fsp3) is 0.375. The Balaban J connectivity index is 2.53. The van der Waals surface area contributed by atoms with Gasteiger partial charge in [-0.05, 0) is 6.92 Å². The molecule has 6 heteroatoms. The van der Waals surface area contributed by atoms with Gasteiger partial charge in [0.05, 0.1) is 19.6 Å². The van der Waals surface area contributed by atoms with Crippen molar-refractivity contribution in [2.75, 3.05) is 7.11 Å². The summed E-state index contributed by atoms with van der Waals surface area (Å²) in [6.45, 7) is 1.43. The Morgan fingerprint density at radius 3 is 2.79 bits per heavy atom. The molecule has 1 atom stereocenters. The lowest BCUT2D eigenvalue weighted by Crippen LogP contribution is -2.25. The second-order valence-corrected chi connectivity index (χ2v) is 2.54. The third-order valence-corrected chi connectivity index (χ3v) is 1.54. The molecule has 0 aliphatic heterocycles. The molecule has 0 aliphatic carbocycles. The number of carbonyl (C=O) groups excluding carboxylic acids is 2. The number of aromatic amines is 1. The summed E-state index contributed by atoms with van der Waals surface area (Å²) in [5.41, 5.74) is 0.195. The SMILES string of the molecule is COC(=O)C(C)OC(=O)c1cnc[nH]1. The third kappa shape index (κ3) is 2.32. The molecule has 1 aromatic rings. The Bertz CT molecular complexity index is 320. The average molecular weight is 198 g/mol. The maximum Gasteiger partial charge on any atom is 0.357 e. The van der Waals surface area contributed by atoms with Gasteiger partial charge in [-0.1, -0.05) is 0 Å². The third-order valence-electron chi connectivity index (χ3n) is 1.54. The smallest absolute Gasteiger partial charge is 0.357 e. The van der Waals surface area contributed by atoms with E-state index in [9.17, 15) is 9.59 Å². The van der Waals surface area contributed by atoms with Crippen molar-refractivity contribution in [3.05, 3.63) is 18.2 Å². The highest BCUT2D eigenvalue weighted by Gasteiger charge is 2.19. The molecule has 0 aromatic carbocycles. The van der Waals surface area contributed by atoms with Gasteiger partial charge in [0.2, 0.25) is 0 Å². The minimum Gasteiger partial charge on any atom is -0.466 e. The van der Waals surface area contributed by atoms with E-state index in [0.29, 0.717) is 0 Å². The molecule has 6 nitrogen and oxygen atoms in total. The Morgan fingerprint density at radius 2 is 2.29 bits per heavy atom. The van der Waals surface area contributed by atoms with Gasteiger partial charge in [-0.3, -0.25) is 0 Å². The monoisotopic (exact) mass is 198 g/mol. The Kier molecular flexibility index (Phi) is 3.22. The summed E-state index contributed by atoms with van der Waals surface area (Å²) in [4.78, 5) is 28.3. The normalized spacial score (nSPS) is 11.9. The predicted molar refractivity (Wildman–Crippen MR) is 45.5 cm³/mol. The van der Waals surface area contributed by atoms with Crippen LogP contribution in [0.5, 0.6) is 0 Å². The quantitative estimate of drug-likeness (QED) is 0.698. The highest BCUT2D eigenvalue weighted by molar-refractivity contribution is 5.89. The van der Waals surface area contributed by atoms with E-state index in [4.69, 9.17) is 4.74 Å². The molecule has 0 aliphatic rings. The van der Waals surface area contributed by atoms with E-state index in [1.54, 1.807) is 0 Å². The first kappa shape index (κ1) is 10.2. The molecule has 0 bridgehead atoms. The molecular weight excluding hydrogens is 188 g/mol. The summed E-state index contributed by atoms with van der Waals surface area (Å²) in [5.74, 6) is -1.24. The lowest BCUT2D eigenvalue weighted by molar-refractivity contribution is -0.149. The van der Waals surface area contributed by atoms with E-state index in [0.717, 1.165) is 0 Å². The predicted octanol–water partition coefficient (Wildman–Crippen LogP) is 0.128. The fourth-order valence-corrected chi connectivity index (χ4v) is 0.806. The largest absolute Gasteiger partial charge is 0.466 e. The molecule has 1 heterocycles. The van der Waals surface area contributed by atoms with Crippen molar-refractivity contribution >= 4 is 11.9 Å². The Labute approximate surface area is 80.2 Å². The zero-order chi connectivity index (χ0) is 10.6. The van der Waals surface area contributed by atoms with E-state index in [-0.39, 0.29) is 5.69 Å². The summed E-state index contributed by atoms with van der Waals surface area (Å²) < 4.78 is 9.15. The van der Waals surface area contributed by atoms with Gasteiger partial charge in [-0.15, -0.1) is 0 Å². The first-order valence-electron chi connectivity index (χ1n) is 3.92. The fourth-order valence-electron chi connectivity index (χ4n) is 0.806. The molecule has 0 radical (unpaired) electrons. The van der Waals surface area contributed by atoms with Gasteiger partial charge >= 0.3 is 11.9 Å². The molecule has 1 aromatic heterocycles. The molecule has 0 saturated carbocycles. The molecular formula is C8H10N2O4. The first-order chi connectivity index (χ1) is 6.65. The number of nitrogens with zero attached hydrogens (tertiary/aromatic N) is 1. The Hall–Kier alpha value is -1.85. The number of aromatic nitrogens is 2. The molecule has 0 amide bonds. The van der Waals surface area contributed by atoms with Crippen LogP contribution in [0.25, 0.3) is 0 Å². The van der Waals surface area contributed by atoms with Gasteiger partial charge in [-0.2, -0.15) is 0 Å². The van der Waals surface area contributed by atoms with Crippen molar-refractivity contribution in [3.63, 3.8) is 0 Å². The van der Waals surface area contributed by atoms with Gasteiger partial charge < -0.3 is 14.5 Å². The number of hydrogen-bond acceptors (Lipinski definition) is 5. The van der Waals surface area contributed by atoms with Crippen LogP contribution in [0.3, 0.4) is 0 Å². The lowest BCUT2D eigenvalue weighted by Gasteiger charge is -2.09. The van der Waals surface area contributed by atoms with Gasteiger partial charge in [0.15, 0.2) is 6.10 Å². The van der Waals surface area contributed by atoms with E-state index >= 15 is 0 Å². The van der Waals surface area contributed by atoms with Crippen molar-refractivity contribution in [2.45, 2.75) is 13.0 Å². The summed E-state index contributed by atoms with van der Waals surface area (Å²) in [6, 6.07) is 0. The van der Waals surface area contributed by atoms with E-state index in [1.165, 1.54) is 26.6 Å². The van der Waals surface area contributed by atoms with Crippen LogP contribution in [0.2, 0.25) is 0 Å².